The van der Waals surface area contributed by atoms with E-state index in [0.29, 0.717) is 35.9 Å². The summed E-state index contributed by atoms with van der Waals surface area (Å²) >= 11 is 5.80. The number of nitrogens with one attached hydrogen (secondary N) is 3. The van der Waals surface area contributed by atoms with Gasteiger partial charge >= 0.3 is 0 Å². The van der Waals surface area contributed by atoms with E-state index in [-0.39, 0.29) is 10.7 Å². The highest BCUT2D eigenvalue weighted by molar-refractivity contribution is 7.92. The minimum absolute atomic E-state index is 0.113. The van der Waals surface area contributed by atoms with Gasteiger partial charge in [0.05, 0.1) is 11.6 Å². The number of halogens is 2. The Hall–Kier alpha value is -3.28. The smallest absolute Gasteiger partial charge is 0.264 e. The minimum atomic E-state index is -4.16. The fraction of sp³-hybridized carbons (Fsp3) is 0.105. The first-order valence-electron chi connectivity index (χ1n) is 9.11. The van der Waals surface area contributed by atoms with Crippen LogP contribution < -0.4 is 15.8 Å². The molecule has 0 unspecified atom stereocenters. The number of fused-ring (bicyclic) bond motifs is 1. The Labute approximate surface area is 181 Å². The zero-order valence-corrected chi connectivity index (χ0v) is 17.5. The topological polar surface area (TPSA) is 139 Å². The summed E-state index contributed by atoms with van der Waals surface area (Å²) in [5.41, 5.74) is 6.99. The number of nitrogens with zero attached hydrogens (tertiary/aromatic N) is 3. The van der Waals surface area contributed by atoms with Crippen molar-refractivity contribution in [1.29, 1.82) is 0 Å². The van der Waals surface area contributed by atoms with Gasteiger partial charge in [-0.15, -0.1) is 0 Å². The average Bonchev–Trinajstić information content (AvgIpc) is 3.23. The zero-order chi connectivity index (χ0) is 22.0. The van der Waals surface area contributed by atoms with Crippen LogP contribution in [0.4, 0.5) is 15.9 Å². The van der Waals surface area contributed by atoms with Crippen molar-refractivity contribution in [1.82, 2.24) is 20.2 Å². The van der Waals surface area contributed by atoms with Gasteiger partial charge in [-0.05, 0) is 42.5 Å². The Balaban J connectivity index is 1.62. The summed E-state index contributed by atoms with van der Waals surface area (Å²) in [6, 6.07) is 9.69. The number of benzene rings is 2. The van der Waals surface area contributed by atoms with Crippen LogP contribution in [0.2, 0.25) is 5.02 Å². The summed E-state index contributed by atoms with van der Waals surface area (Å²) in [5, 5.41) is 10.8. The molecule has 0 aliphatic rings. The summed E-state index contributed by atoms with van der Waals surface area (Å²) < 4.78 is 41.4. The molecule has 4 rings (SSSR count). The van der Waals surface area contributed by atoms with Crippen LogP contribution >= 0.6 is 11.6 Å². The van der Waals surface area contributed by atoms with Crippen LogP contribution in [-0.2, 0) is 10.0 Å². The van der Waals surface area contributed by atoms with Crippen molar-refractivity contribution >= 4 is 44.2 Å². The third-order valence-corrected chi connectivity index (χ3v) is 5.96. The molecule has 0 bridgehead atoms. The number of nitrogens with two attached hydrogens (primary N) is 1. The molecule has 160 valence electrons. The average molecular weight is 462 g/mol. The van der Waals surface area contributed by atoms with Crippen molar-refractivity contribution in [2.75, 3.05) is 23.1 Å². The second kappa shape index (κ2) is 8.46. The lowest BCUT2D eigenvalue weighted by Crippen LogP contribution is -2.15. The molecule has 0 spiro atoms. The molecule has 0 saturated heterocycles. The van der Waals surface area contributed by atoms with E-state index in [1.807, 2.05) is 0 Å². The molecule has 5 N–H and O–H groups in total. The van der Waals surface area contributed by atoms with Gasteiger partial charge in [-0.25, -0.2) is 22.8 Å². The Morgan fingerprint density at radius 3 is 2.65 bits per heavy atom. The minimum Gasteiger partial charge on any atom is -0.368 e. The van der Waals surface area contributed by atoms with Crippen molar-refractivity contribution in [2.24, 2.45) is 5.73 Å². The number of hydrogen-bond donors (Lipinski definition) is 4. The van der Waals surface area contributed by atoms with E-state index < -0.39 is 20.7 Å². The monoisotopic (exact) mass is 461 g/mol. The Morgan fingerprint density at radius 1 is 1.13 bits per heavy atom. The van der Waals surface area contributed by atoms with Crippen molar-refractivity contribution < 1.29 is 12.8 Å². The van der Waals surface area contributed by atoms with Crippen LogP contribution in [0, 0.1) is 5.82 Å². The summed E-state index contributed by atoms with van der Waals surface area (Å²) in [6.07, 6.45) is 1.62. The molecule has 0 radical (unpaired) electrons. The molecule has 31 heavy (non-hydrogen) atoms. The zero-order valence-electron chi connectivity index (χ0n) is 15.9. The van der Waals surface area contributed by atoms with E-state index in [1.54, 1.807) is 18.3 Å². The van der Waals surface area contributed by atoms with Crippen molar-refractivity contribution in [3.8, 4) is 11.4 Å². The Kier molecular flexibility index (Phi) is 5.72. The largest absolute Gasteiger partial charge is 0.368 e. The van der Waals surface area contributed by atoms with E-state index in [9.17, 15) is 12.8 Å². The number of aromatic nitrogens is 4. The van der Waals surface area contributed by atoms with Crippen LogP contribution in [0.15, 0.2) is 53.6 Å². The van der Waals surface area contributed by atoms with Crippen LogP contribution in [0.1, 0.15) is 0 Å². The standard InChI is InChI=1S/C19H17ClFN7O2S/c20-12-3-6-15(21)16(9-12)31(29,30)28-13-4-1-11(2-5-13)17-25-18(23-8-7-22)14-10-24-27-19(14)26-17/h1-6,9-10,28H,7-8,22H2,(H2,23,24,25,26,27). The molecule has 2 aromatic carbocycles. The van der Waals surface area contributed by atoms with Gasteiger partial charge in [0, 0.05) is 29.4 Å². The third kappa shape index (κ3) is 4.43. The number of anilines is 2. The van der Waals surface area contributed by atoms with E-state index in [4.69, 9.17) is 17.3 Å². The molecule has 12 heteroatoms. The van der Waals surface area contributed by atoms with Gasteiger partial charge in [0.2, 0.25) is 0 Å². The molecular formula is C19H17ClFN7O2S. The highest BCUT2D eigenvalue weighted by atomic mass is 35.5. The van der Waals surface area contributed by atoms with Gasteiger partial charge in [0.15, 0.2) is 11.5 Å². The van der Waals surface area contributed by atoms with Crippen molar-refractivity contribution in [3.05, 3.63) is 59.5 Å². The quantitative estimate of drug-likeness (QED) is 0.332. The number of hydrogen-bond acceptors (Lipinski definition) is 7. The van der Waals surface area contributed by atoms with Gasteiger partial charge in [-0.2, -0.15) is 5.10 Å². The van der Waals surface area contributed by atoms with Crippen LogP contribution in [-0.4, -0.2) is 41.7 Å². The first-order chi connectivity index (χ1) is 14.9. The van der Waals surface area contributed by atoms with Gasteiger partial charge in [-0.3, -0.25) is 9.82 Å². The molecular weight excluding hydrogens is 445 g/mol. The molecule has 0 fully saturated rings. The van der Waals surface area contributed by atoms with Gasteiger partial charge in [0.25, 0.3) is 10.0 Å². The fourth-order valence-electron chi connectivity index (χ4n) is 2.87. The molecule has 0 aliphatic carbocycles. The highest BCUT2D eigenvalue weighted by Crippen LogP contribution is 2.26. The van der Waals surface area contributed by atoms with Crippen LogP contribution in [0.25, 0.3) is 22.4 Å². The number of rotatable bonds is 7. The van der Waals surface area contributed by atoms with Crippen molar-refractivity contribution in [2.45, 2.75) is 4.90 Å². The number of aromatic amines is 1. The Morgan fingerprint density at radius 2 is 1.90 bits per heavy atom. The molecule has 0 amide bonds. The first-order valence-corrected chi connectivity index (χ1v) is 11.0. The highest BCUT2D eigenvalue weighted by Gasteiger charge is 2.20. The summed E-state index contributed by atoms with van der Waals surface area (Å²) in [5.74, 6) is 0.0965. The van der Waals surface area contributed by atoms with Gasteiger partial charge < -0.3 is 11.1 Å². The normalized spacial score (nSPS) is 11.6. The first kappa shape index (κ1) is 21.0. The van der Waals surface area contributed by atoms with Crippen LogP contribution in [0.3, 0.4) is 0 Å². The molecule has 0 saturated carbocycles. The van der Waals surface area contributed by atoms with Gasteiger partial charge in [0.1, 0.15) is 16.5 Å². The summed E-state index contributed by atoms with van der Waals surface area (Å²) in [7, 11) is -4.16. The van der Waals surface area contributed by atoms with E-state index in [1.165, 1.54) is 18.2 Å². The van der Waals surface area contributed by atoms with E-state index in [0.717, 1.165) is 17.5 Å². The SMILES string of the molecule is NCCNc1nc(-c2ccc(NS(=O)(=O)c3cc(Cl)ccc3F)cc2)nc2[nH]ncc12. The number of H-pyrrole nitrogens is 1. The molecule has 9 nitrogen and oxygen atoms in total. The summed E-state index contributed by atoms with van der Waals surface area (Å²) in [4.78, 5) is 8.42. The van der Waals surface area contributed by atoms with Crippen molar-refractivity contribution in [3.63, 3.8) is 0 Å². The predicted octanol–water partition coefficient (Wildman–Crippen LogP) is 2.98. The van der Waals surface area contributed by atoms with E-state index in [2.05, 4.69) is 30.2 Å². The maximum Gasteiger partial charge on any atom is 0.264 e. The van der Waals surface area contributed by atoms with Crippen LogP contribution in [0.5, 0.6) is 0 Å². The maximum atomic E-state index is 14.0. The lowest BCUT2D eigenvalue weighted by atomic mass is 10.2. The maximum absolute atomic E-state index is 14.0. The van der Waals surface area contributed by atoms with Gasteiger partial charge in [-0.1, -0.05) is 11.6 Å². The molecule has 0 aliphatic heterocycles. The third-order valence-electron chi connectivity index (χ3n) is 4.32. The second-order valence-electron chi connectivity index (χ2n) is 6.50. The molecule has 4 aromatic rings. The molecule has 2 heterocycles. The lowest BCUT2D eigenvalue weighted by molar-refractivity contribution is 0.570. The summed E-state index contributed by atoms with van der Waals surface area (Å²) in [6.45, 7) is 0.957. The second-order valence-corrected chi connectivity index (χ2v) is 8.59. The lowest BCUT2D eigenvalue weighted by Gasteiger charge is -2.10. The predicted molar refractivity (Wildman–Crippen MR) is 117 cm³/mol. The molecule has 2 aromatic heterocycles. The Bertz CT molecular complexity index is 1340. The molecule has 0 atom stereocenters. The number of sulfonamides is 1. The fourth-order valence-corrected chi connectivity index (χ4v) is 4.27. The van der Waals surface area contributed by atoms with E-state index >= 15 is 0 Å².